The molecule has 0 aromatic heterocycles. The molecule has 3 aliphatic rings. The van der Waals surface area contributed by atoms with Crippen LogP contribution in [0.1, 0.15) is 23.7 Å². The summed E-state index contributed by atoms with van der Waals surface area (Å²) in [5.41, 5.74) is 0.659. The van der Waals surface area contributed by atoms with Crippen LogP contribution in [0.4, 0.5) is 5.69 Å². The number of ketones is 2. The number of nitrogens with zero attached hydrogens (tertiary/aromatic N) is 1. The maximum atomic E-state index is 13.9. The zero-order chi connectivity index (χ0) is 21.9. The first-order valence-corrected chi connectivity index (χ1v) is 10.5. The van der Waals surface area contributed by atoms with Crippen molar-refractivity contribution in [3.63, 3.8) is 0 Å². The Kier molecular flexibility index (Phi) is 4.52. The van der Waals surface area contributed by atoms with Crippen LogP contribution in [0.2, 0.25) is 5.02 Å². The molecule has 1 spiro atoms. The molecule has 2 aliphatic heterocycles. The number of anilines is 1. The Morgan fingerprint density at radius 1 is 1.13 bits per heavy atom. The number of fused-ring (bicyclic) bond motifs is 3. The Bertz CT molecular complexity index is 1130. The highest BCUT2D eigenvalue weighted by Gasteiger charge is 2.64. The smallest absolute Gasteiger partial charge is 0.214 e. The first-order valence-electron chi connectivity index (χ1n) is 10.2. The molecule has 1 aliphatic carbocycles. The lowest BCUT2D eigenvalue weighted by Crippen LogP contribution is -2.58. The average Bonchev–Trinajstić information content (AvgIpc) is 3.36. The molecule has 1 fully saturated rings. The fourth-order valence-electron chi connectivity index (χ4n) is 5.10. The van der Waals surface area contributed by atoms with Crippen LogP contribution in [-0.4, -0.2) is 37.9 Å². The number of methoxy groups -OCH3 is 2. The predicted molar refractivity (Wildman–Crippen MR) is 116 cm³/mol. The summed E-state index contributed by atoms with van der Waals surface area (Å²) >= 11 is 6.55. The first-order chi connectivity index (χ1) is 14.9. The molecule has 6 nitrogen and oxygen atoms in total. The summed E-state index contributed by atoms with van der Waals surface area (Å²) in [6.45, 7) is 2.35. The van der Waals surface area contributed by atoms with Gasteiger partial charge in [0.05, 0.1) is 20.1 Å². The highest BCUT2D eigenvalue weighted by Crippen LogP contribution is 2.57. The Morgan fingerprint density at radius 3 is 2.52 bits per heavy atom. The van der Waals surface area contributed by atoms with Crippen LogP contribution in [0, 0.1) is 11.8 Å². The van der Waals surface area contributed by atoms with Gasteiger partial charge in [0.15, 0.2) is 17.1 Å². The molecule has 0 bridgehead atoms. The zero-order valence-corrected chi connectivity index (χ0v) is 18.2. The van der Waals surface area contributed by atoms with E-state index < -0.39 is 11.5 Å². The van der Waals surface area contributed by atoms with Gasteiger partial charge in [0.1, 0.15) is 22.1 Å². The second kappa shape index (κ2) is 7.02. The lowest BCUT2D eigenvalue weighted by Gasteiger charge is -2.42. The second-order valence-corrected chi connectivity index (χ2v) is 8.55. The van der Waals surface area contributed by atoms with Gasteiger partial charge in [-0.2, -0.15) is 0 Å². The summed E-state index contributed by atoms with van der Waals surface area (Å²) in [6.07, 6.45) is 2.08. The predicted octanol–water partition coefficient (Wildman–Crippen LogP) is 4.30. The van der Waals surface area contributed by atoms with E-state index in [-0.39, 0.29) is 34.7 Å². The number of ether oxygens (including phenoxy) is 3. The van der Waals surface area contributed by atoms with E-state index >= 15 is 0 Å². The highest BCUT2D eigenvalue weighted by atomic mass is 35.5. The van der Waals surface area contributed by atoms with Crippen molar-refractivity contribution < 1.29 is 23.8 Å². The summed E-state index contributed by atoms with van der Waals surface area (Å²) in [5, 5.41) is 0.232. The quantitative estimate of drug-likeness (QED) is 0.710. The van der Waals surface area contributed by atoms with E-state index in [0.717, 1.165) is 5.69 Å². The molecule has 5 rings (SSSR count). The van der Waals surface area contributed by atoms with E-state index in [2.05, 4.69) is 0 Å². The van der Waals surface area contributed by atoms with Crippen molar-refractivity contribution in [3.8, 4) is 17.2 Å². The number of carbonyl (C=O) groups excluding carboxylic acids is 2. The molecule has 0 saturated heterocycles. The van der Waals surface area contributed by atoms with Crippen molar-refractivity contribution in [2.75, 3.05) is 25.7 Å². The van der Waals surface area contributed by atoms with Gasteiger partial charge in [-0.25, -0.2) is 0 Å². The number of rotatable bonds is 3. The second-order valence-electron chi connectivity index (χ2n) is 8.18. The molecule has 160 valence electrons. The number of hydrogen-bond donors (Lipinski definition) is 0. The van der Waals surface area contributed by atoms with Crippen LogP contribution in [0.5, 0.6) is 17.2 Å². The molecular formula is C24H22ClNO5. The molecule has 2 aromatic rings. The Hall–Kier alpha value is -2.99. The Morgan fingerprint density at radius 2 is 1.84 bits per heavy atom. The zero-order valence-electron chi connectivity index (χ0n) is 17.5. The van der Waals surface area contributed by atoms with E-state index in [4.69, 9.17) is 25.8 Å². The molecule has 7 heteroatoms. The normalized spacial score (nSPS) is 26.5. The van der Waals surface area contributed by atoms with Crippen molar-refractivity contribution >= 4 is 28.9 Å². The average molecular weight is 440 g/mol. The van der Waals surface area contributed by atoms with Crippen molar-refractivity contribution in [1.82, 2.24) is 0 Å². The third-order valence-electron chi connectivity index (χ3n) is 6.64. The Balaban J connectivity index is 1.64. The van der Waals surface area contributed by atoms with Crippen molar-refractivity contribution in [2.45, 2.75) is 18.9 Å². The number of benzene rings is 2. The van der Waals surface area contributed by atoms with Crippen LogP contribution in [0.3, 0.4) is 0 Å². The van der Waals surface area contributed by atoms with E-state index in [9.17, 15) is 9.59 Å². The lowest BCUT2D eigenvalue weighted by molar-refractivity contribution is -0.122. The standard InChI is InChI=1S/C24H22ClNO5/c1-13-9-17(27)15-11-26(14-7-5-4-6-8-14)12-16(15)24(13)23(28)20-18(29-2)10-19(30-3)21(25)22(20)31-24/h4-8,10-11,13,16H,9,12H2,1-3H3/t13-,16?,24+/m1/s1. The molecule has 1 saturated carbocycles. The fourth-order valence-corrected chi connectivity index (χ4v) is 5.37. The van der Waals surface area contributed by atoms with Crippen LogP contribution < -0.4 is 19.1 Å². The number of halogens is 1. The van der Waals surface area contributed by atoms with Crippen LogP contribution >= 0.6 is 11.6 Å². The van der Waals surface area contributed by atoms with E-state index in [1.54, 1.807) is 6.07 Å². The molecular weight excluding hydrogens is 418 g/mol. The van der Waals surface area contributed by atoms with E-state index in [0.29, 0.717) is 29.2 Å². The third-order valence-corrected chi connectivity index (χ3v) is 7.00. The largest absolute Gasteiger partial charge is 0.496 e. The van der Waals surface area contributed by atoms with Crippen molar-refractivity contribution in [2.24, 2.45) is 11.8 Å². The fraction of sp³-hybridized carbons (Fsp3) is 0.333. The molecule has 0 radical (unpaired) electrons. The van der Waals surface area contributed by atoms with Gasteiger partial charge in [-0.1, -0.05) is 36.7 Å². The van der Waals surface area contributed by atoms with Crippen LogP contribution in [0.25, 0.3) is 0 Å². The number of carbonyl (C=O) groups is 2. The van der Waals surface area contributed by atoms with Gasteiger partial charge in [0, 0.05) is 42.4 Å². The maximum Gasteiger partial charge on any atom is 0.214 e. The van der Waals surface area contributed by atoms with Gasteiger partial charge in [-0.15, -0.1) is 0 Å². The highest BCUT2D eigenvalue weighted by molar-refractivity contribution is 6.35. The number of Topliss-reactive ketones (excluding diaryl/α,β-unsaturated/α-hetero) is 2. The first kappa shape index (κ1) is 19.9. The van der Waals surface area contributed by atoms with Crippen LogP contribution in [-0.2, 0) is 4.79 Å². The van der Waals surface area contributed by atoms with E-state index in [1.165, 1.54) is 14.2 Å². The third kappa shape index (κ3) is 2.64. The topological polar surface area (TPSA) is 65.1 Å². The minimum absolute atomic E-state index is 0.0459. The van der Waals surface area contributed by atoms with Crippen molar-refractivity contribution in [1.29, 1.82) is 0 Å². The molecule has 3 atom stereocenters. The van der Waals surface area contributed by atoms with Gasteiger partial charge in [-0.05, 0) is 12.1 Å². The Labute approximate surface area is 185 Å². The minimum atomic E-state index is -1.23. The maximum absolute atomic E-state index is 13.9. The molecule has 0 amide bonds. The van der Waals surface area contributed by atoms with Gasteiger partial charge < -0.3 is 19.1 Å². The van der Waals surface area contributed by atoms with Crippen molar-refractivity contribution in [3.05, 3.63) is 58.8 Å². The molecule has 0 N–H and O–H groups in total. The summed E-state index contributed by atoms with van der Waals surface area (Å²) in [4.78, 5) is 28.9. The summed E-state index contributed by atoms with van der Waals surface area (Å²) < 4.78 is 17.3. The van der Waals surface area contributed by atoms with E-state index in [1.807, 2.05) is 48.4 Å². The van der Waals surface area contributed by atoms with Gasteiger partial charge in [0.2, 0.25) is 5.78 Å². The summed E-state index contributed by atoms with van der Waals surface area (Å²) in [5.74, 6) is 0.0847. The monoisotopic (exact) mass is 439 g/mol. The van der Waals surface area contributed by atoms with Gasteiger partial charge in [0.25, 0.3) is 0 Å². The lowest BCUT2D eigenvalue weighted by atomic mass is 9.65. The van der Waals surface area contributed by atoms with Gasteiger partial charge in [-0.3, -0.25) is 9.59 Å². The number of para-hydroxylation sites is 1. The molecule has 1 unspecified atom stereocenters. The molecule has 2 aromatic carbocycles. The number of hydrogen-bond acceptors (Lipinski definition) is 6. The summed E-state index contributed by atoms with van der Waals surface area (Å²) in [7, 11) is 2.99. The molecule has 2 heterocycles. The molecule has 31 heavy (non-hydrogen) atoms. The SMILES string of the molecule is COc1cc(OC)c2c(c1Cl)O[C@]1(C2=O)C2CN(c3ccccc3)C=C2C(=O)C[C@H]1C. The van der Waals surface area contributed by atoms with Gasteiger partial charge >= 0.3 is 0 Å². The minimum Gasteiger partial charge on any atom is -0.496 e. The summed E-state index contributed by atoms with van der Waals surface area (Å²) in [6, 6.07) is 11.4. The van der Waals surface area contributed by atoms with Crippen LogP contribution in [0.15, 0.2) is 48.2 Å².